The van der Waals surface area contributed by atoms with Gasteiger partial charge in [0, 0.05) is 58.7 Å². The Morgan fingerprint density at radius 3 is 2.50 bits per heavy atom. The summed E-state index contributed by atoms with van der Waals surface area (Å²) in [5, 5.41) is 2.48. The number of hydrogen-bond acceptors (Lipinski definition) is 6. The van der Waals surface area contributed by atoms with Crippen molar-refractivity contribution in [3.05, 3.63) is 47.7 Å². The van der Waals surface area contributed by atoms with E-state index >= 15 is 0 Å². The molecular weight excluding hydrogens is 415 g/mol. The molecule has 0 unspecified atom stereocenters. The van der Waals surface area contributed by atoms with E-state index in [0.29, 0.717) is 29.6 Å². The summed E-state index contributed by atoms with van der Waals surface area (Å²) in [6, 6.07) is 7.67. The predicted octanol–water partition coefficient (Wildman–Crippen LogP) is 1.30. The van der Waals surface area contributed by atoms with Gasteiger partial charge < -0.3 is 20.0 Å². The van der Waals surface area contributed by atoms with Gasteiger partial charge in [0.05, 0.1) is 18.8 Å². The van der Waals surface area contributed by atoms with Crippen LogP contribution in [0.15, 0.2) is 30.3 Å². The number of benzene rings is 1. The van der Waals surface area contributed by atoms with Crippen molar-refractivity contribution in [2.75, 3.05) is 44.0 Å². The molecule has 2 aromatic rings. The van der Waals surface area contributed by atoms with Crippen molar-refractivity contribution in [2.24, 2.45) is 0 Å². The van der Waals surface area contributed by atoms with Gasteiger partial charge in [-0.25, -0.2) is 14.4 Å². The summed E-state index contributed by atoms with van der Waals surface area (Å²) in [5.74, 6) is -0.0112. The molecule has 1 aliphatic heterocycles. The second-order valence-electron chi connectivity index (χ2n) is 8.00. The van der Waals surface area contributed by atoms with Gasteiger partial charge in [0.1, 0.15) is 17.5 Å². The molecule has 3 rings (SSSR count). The smallest absolute Gasteiger partial charge is 0.242 e. The first-order valence-corrected chi connectivity index (χ1v) is 10.2. The fraction of sp³-hybridized carbons (Fsp3) is 0.409. The lowest BCUT2D eigenvalue weighted by molar-refractivity contribution is -0.131. The molecule has 2 heterocycles. The van der Waals surface area contributed by atoms with Crippen LogP contribution in [0.3, 0.4) is 0 Å². The van der Waals surface area contributed by atoms with Crippen molar-refractivity contribution in [3.8, 4) is 0 Å². The molecule has 3 amide bonds. The third kappa shape index (κ3) is 5.57. The van der Waals surface area contributed by atoms with Crippen LogP contribution in [0.4, 0.5) is 15.9 Å². The van der Waals surface area contributed by atoms with E-state index in [1.165, 1.54) is 24.0 Å². The fourth-order valence-corrected chi connectivity index (χ4v) is 3.42. The van der Waals surface area contributed by atoms with E-state index in [0.717, 1.165) is 0 Å². The molecule has 1 atom stereocenters. The van der Waals surface area contributed by atoms with Gasteiger partial charge in [-0.1, -0.05) is 0 Å². The highest BCUT2D eigenvalue weighted by atomic mass is 19.1. The Morgan fingerprint density at radius 2 is 1.88 bits per heavy atom. The average Bonchev–Trinajstić information content (AvgIpc) is 3.13. The number of amides is 3. The number of carbonyl (C=O) groups is 3. The zero-order valence-corrected chi connectivity index (χ0v) is 18.6. The molecule has 1 N–H and O–H groups in total. The first kappa shape index (κ1) is 23.1. The predicted molar refractivity (Wildman–Crippen MR) is 118 cm³/mol. The fourth-order valence-electron chi connectivity index (χ4n) is 3.42. The van der Waals surface area contributed by atoms with Crippen LogP contribution in [-0.2, 0) is 20.9 Å². The second-order valence-corrected chi connectivity index (χ2v) is 8.00. The number of hydrogen-bond donors (Lipinski definition) is 1. The van der Waals surface area contributed by atoms with Gasteiger partial charge in [-0.2, -0.15) is 0 Å². The summed E-state index contributed by atoms with van der Waals surface area (Å²) in [7, 11) is 5.32. The van der Waals surface area contributed by atoms with E-state index in [9.17, 15) is 18.8 Å². The third-order valence-corrected chi connectivity index (χ3v) is 5.21. The van der Waals surface area contributed by atoms with E-state index in [1.54, 1.807) is 24.1 Å². The molecule has 0 radical (unpaired) electrons. The molecule has 0 saturated carbocycles. The lowest BCUT2D eigenvalue weighted by atomic mass is 10.0. The summed E-state index contributed by atoms with van der Waals surface area (Å²) in [5.41, 5.74) is 1.35. The number of aromatic nitrogens is 2. The molecular formula is C22H27FN6O3. The van der Waals surface area contributed by atoms with Crippen LogP contribution >= 0.6 is 0 Å². The van der Waals surface area contributed by atoms with E-state index < -0.39 is 0 Å². The van der Waals surface area contributed by atoms with Crippen molar-refractivity contribution in [1.29, 1.82) is 0 Å². The summed E-state index contributed by atoms with van der Waals surface area (Å²) >= 11 is 0. The minimum atomic E-state index is -0.356. The summed E-state index contributed by atoms with van der Waals surface area (Å²) in [6.07, 6.45) is 0.276. The first-order valence-electron chi connectivity index (χ1n) is 10.2. The van der Waals surface area contributed by atoms with Crippen LogP contribution in [0, 0.1) is 5.82 Å². The highest BCUT2D eigenvalue weighted by Crippen LogP contribution is 2.32. The normalized spacial score (nSPS) is 15.6. The Hall–Kier alpha value is -3.56. The van der Waals surface area contributed by atoms with Crippen LogP contribution in [0.2, 0.25) is 0 Å². The number of anilines is 2. The third-order valence-electron chi connectivity index (χ3n) is 5.21. The maximum atomic E-state index is 13.3. The molecule has 10 heteroatoms. The number of halogens is 1. The Bertz CT molecular complexity index is 1010. The monoisotopic (exact) mass is 442 g/mol. The lowest BCUT2D eigenvalue weighted by Gasteiger charge is -2.20. The molecule has 0 aliphatic carbocycles. The summed E-state index contributed by atoms with van der Waals surface area (Å²) in [6.45, 7) is 1.83. The van der Waals surface area contributed by atoms with Gasteiger partial charge in [-0.3, -0.25) is 14.4 Å². The molecule has 1 aliphatic rings. The molecule has 0 spiro atoms. The number of rotatable bonds is 7. The van der Waals surface area contributed by atoms with Gasteiger partial charge in [-0.05, 0) is 24.3 Å². The van der Waals surface area contributed by atoms with Crippen LogP contribution in [0.1, 0.15) is 30.8 Å². The largest absolute Gasteiger partial charge is 0.363 e. The maximum Gasteiger partial charge on any atom is 0.242 e. The number of nitrogens with one attached hydrogen (secondary N) is 1. The molecule has 1 fully saturated rings. The van der Waals surface area contributed by atoms with Crippen molar-refractivity contribution < 1.29 is 18.8 Å². The second kappa shape index (κ2) is 9.71. The standard InChI is InChI=1S/C22H27FN6O3/c1-14(30)24-11-22(32)28(4)13-19-25-18(10-20(26-19)27(2)3)15-9-21(31)29(12-15)17-7-5-16(23)6-8-17/h5-8,10,15H,9,11-13H2,1-4H3,(H,24,30)/t15-/m1/s1. The highest BCUT2D eigenvalue weighted by Gasteiger charge is 2.33. The number of nitrogens with zero attached hydrogens (tertiary/aromatic N) is 5. The molecule has 1 saturated heterocycles. The molecule has 9 nitrogen and oxygen atoms in total. The van der Waals surface area contributed by atoms with Gasteiger partial charge in [0.25, 0.3) is 0 Å². The van der Waals surface area contributed by atoms with Crippen molar-refractivity contribution >= 4 is 29.2 Å². The van der Waals surface area contributed by atoms with Gasteiger partial charge in [0.2, 0.25) is 17.7 Å². The van der Waals surface area contributed by atoms with E-state index in [2.05, 4.69) is 15.3 Å². The summed E-state index contributed by atoms with van der Waals surface area (Å²) in [4.78, 5) is 50.0. The van der Waals surface area contributed by atoms with Gasteiger partial charge >= 0.3 is 0 Å². The lowest BCUT2D eigenvalue weighted by Crippen LogP contribution is -2.37. The molecule has 1 aromatic carbocycles. The number of likely N-dealkylation sites (N-methyl/N-ethyl adjacent to an activating group) is 1. The Labute approximate surface area is 186 Å². The van der Waals surface area contributed by atoms with Crippen molar-refractivity contribution in [2.45, 2.75) is 25.8 Å². The van der Waals surface area contributed by atoms with E-state index in [1.807, 2.05) is 25.1 Å². The van der Waals surface area contributed by atoms with Crippen LogP contribution < -0.4 is 15.1 Å². The Kier molecular flexibility index (Phi) is 7.01. The van der Waals surface area contributed by atoms with Crippen LogP contribution in [0.5, 0.6) is 0 Å². The quantitative estimate of drug-likeness (QED) is 0.694. The van der Waals surface area contributed by atoms with E-state index in [4.69, 9.17) is 0 Å². The summed E-state index contributed by atoms with van der Waals surface area (Å²) < 4.78 is 13.3. The van der Waals surface area contributed by atoms with Crippen molar-refractivity contribution in [1.82, 2.24) is 20.2 Å². The van der Waals surface area contributed by atoms with Crippen LogP contribution in [-0.4, -0.2) is 66.8 Å². The minimum absolute atomic E-state index is 0.0595. The zero-order chi connectivity index (χ0) is 23.4. The highest BCUT2D eigenvalue weighted by molar-refractivity contribution is 5.96. The zero-order valence-electron chi connectivity index (χ0n) is 18.6. The van der Waals surface area contributed by atoms with E-state index in [-0.39, 0.29) is 49.0 Å². The van der Waals surface area contributed by atoms with Crippen molar-refractivity contribution in [3.63, 3.8) is 0 Å². The Balaban J connectivity index is 1.80. The van der Waals surface area contributed by atoms with Gasteiger partial charge in [-0.15, -0.1) is 0 Å². The number of carbonyl (C=O) groups excluding carboxylic acids is 3. The minimum Gasteiger partial charge on any atom is -0.363 e. The molecule has 32 heavy (non-hydrogen) atoms. The molecule has 170 valence electrons. The SMILES string of the molecule is CC(=O)NCC(=O)N(C)Cc1nc([C@@H]2CC(=O)N(c3ccc(F)cc3)C2)cc(N(C)C)n1. The Morgan fingerprint density at radius 1 is 1.19 bits per heavy atom. The maximum absolute atomic E-state index is 13.3. The first-order chi connectivity index (χ1) is 15.1. The molecule has 0 bridgehead atoms. The average molecular weight is 442 g/mol. The topological polar surface area (TPSA) is 98.7 Å². The molecule has 1 aromatic heterocycles. The van der Waals surface area contributed by atoms with Crippen LogP contribution in [0.25, 0.3) is 0 Å². The van der Waals surface area contributed by atoms with Gasteiger partial charge in [0.15, 0.2) is 0 Å².